The topological polar surface area (TPSA) is 92.7 Å². The van der Waals surface area contributed by atoms with Crippen LogP contribution in [0.5, 0.6) is 5.75 Å². The summed E-state index contributed by atoms with van der Waals surface area (Å²) >= 11 is 0. The first kappa shape index (κ1) is 25.0. The summed E-state index contributed by atoms with van der Waals surface area (Å²) in [7, 11) is 0. The molecule has 178 valence electrons. The second kappa shape index (κ2) is 9.67. The molecule has 0 amide bonds. The van der Waals surface area contributed by atoms with E-state index >= 15 is 0 Å². The number of pyridine rings is 2. The zero-order chi connectivity index (χ0) is 25.0. The number of hydrogen-bond donors (Lipinski definition) is 0. The molecule has 0 aliphatic carbocycles. The molecule has 0 fully saturated rings. The van der Waals surface area contributed by atoms with E-state index in [1.165, 1.54) is 6.07 Å². The molecule has 8 heteroatoms. The number of ether oxygens (including phenoxy) is 1. The fourth-order valence-electron chi connectivity index (χ4n) is 4.69. The second-order valence-corrected chi connectivity index (χ2v) is 8.92. The van der Waals surface area contributed by atoms with Gasteiger partial charge in [0.25, 0.3) is 0 Å². The van der Waals surface area contributed by atoms with Crippen molar-refractivity contribution in [1.82, 2.24) is 14.6 Å². The van der Waals surface area contributed by atoms with Gasteiger partial charge < -0.3 is 19.1 Å². The fourth-order valence-corrected chi connectivity index (χ4v) is 4.69. The van der Waals surface area contributed by atoms with Crippen molar-refractivity contribution in [3.63, 3.8) is 0 Å². The van der Waals surface area contributed by atoms with Crippen LogP contribution in [0.25, 0.3) is 38.8 Å². The van der Waals surface area contributed by atoms with Crippen molar-refractivity contribution in [1.29, 1.82) is 0 Å². The normalized spacial score (nSPS) is 12.1. The van der Waals surface area contributed by atoms with E-state index in [0.29, 0.717) is 28.1 Å². The van der Waals surface area contributed by atoms with Crippen molar-refractivity contribution in [2.24, 2.45) is 0 Å². The molecule has 4 aromatic heterocycles. The van der Waals surface area contributed by atoms with Crippen LogP contribution in [0.15, 0.2) is 77.5 Å². The summed E-state index contributed by atoms with van der Waals surface area (Å²) in [5.74, 6) is -0.342. The average molecular weight is 500 g/mol. The number of benzene rings is 2. The van der Waals surface area contributed by atoms with Crippen LogP contribution in [0.4, 0.5) is 0 Å². The minimum atomic E-state index is -1.30. The fraction of sp³-hybridized carbons (Fsp3) is 0.138. The Morgan fingerprint density at radius 2 is 1.89 bits per heavy atom. The third-order valence-electron chi connectivity index (χ3n) is 6.62. The van der Waals surface area contributed by atoms with Crippen molar-refractivity contribution in [3.05, 3.63) is 95.3 Å². The van der Waals surface area contributed by atoms with Gasteiger partial charge in [0.05, 0.1) is 22.4 Å². The summed E-state index contributed by atoms with van der Waals surface area (Å²) in [6.07, 6.45) is 3.26. The number of aromatic carboxylic acids is 1. The van der Waals surface area contributed by atoms with Crippen molar-refractivity contribution < 1.29 is 48.6 Å². The number of rotatable bonds is 5. The molecule has 2 aromatic carbocycles. The number of furan rings is 1. The molecule has 0 bridgehead atoms. The third-order valence-corrected chi connectivity index (χ3v) is 6.62. The quantitative estimate of drug-likeness (QED) is 0.339. The number of carbonyl (C=O) groups is 1. The molecule has 6 aromatic rings. The van der Waals surface area contributed by atoms with Gasteiger partial charge in [-0.1, -0.05) is 24.3 Å². The molecule has 0 saturated heterocycles. The van der Waals surface area contributed by atoms with Gasteiger partial charge in [-0.25, -0.2) is 9.50 Å². The first-order valence-corrected chi connectivity index (χ1v) is 11.6. The maximum absolute atomic E-state index is 12.4. The van der Waals surface area contributed by atoms with Crippen LogP contribution in [0, 0.1) is 13.8 Å². The first-order valence-electron chi connectivity index (χ1n) is 11.6. The molecule has 0 N–H and O–H groups in total. The molecule has 1 atom stereocenters. The van der Waals surface area contributed by atoms with Crippen LogP contribution < -0.4 is 39.4 Å². The molecule has 0 radical (unpaired) electrons. The van der Waals surface area contributed by atoms with Crippen molar-refractivity contribution >= 4 is 33.4 Å². The van der Waals surface area contributed by atoms with E-state index < -0.39 is 5.97 Å². The molecule has 0 unspecified atom stereocenters. The predicted molar refractivity (Wildman–Crippen MR) is 135 cm³/mol. The molecule has 0 saturated carbocycles. The zero-order valence-electron chi connectivity index (χ0n) is 21.0. The van der Waals surface area contributed by atoms with E-state index in [-0.39, 0.29) is 41.2 Å². The Hall–Kier alpha value is -3.65. The Morgan fingerprint density at radius 1 is 1.08 bits per heavy atom. The standard InChI is InChI=1S/C29H23N3O4.Na/c1-16-8-9-25(35-18(3)19-11-13-32-20(14-19)10-12-30-32)26-22(29(33)34)15-23(31-27(16)26)28-17(2)21-6-4-5-7-24(21)36-28;/h4-15,18H,1-3H3,(H,33,34);/q;+1/p-1/t18-;/m1./s1. The van der Waals surface area contributed by atoms with E-state index in [9.17, 15) is 9.90 Å². The number of nitrogens with zero attached hydrogens (tertiary/aromatic N) is 3. The zero-order valence-corrected chi connectivity index (χ0v) is 23.0. The van der Waals surface area contributed by atoms with Crippen LogP contribution in [-0.2, 0) is 0 Å². The van der Waals surface area contributed by atoms with Gasteiger partial charge in [-0.2, -0.15) is 5.10 Å². The first-order chi connectivity index (χ1) is 17.4. The molecule has 7 nitrogen and oxygen atoms in total. The van der Waals surface area contributed by atoms with Gasteiger partial charge in [-0.15, -0.1) is 0 Å². The Morgan fingerprint density at radius 3 is 2.68 bits per heavy atom. The van der Waals surface area contributed by atoms with Gasteiger partial charge in [-0.05, 0) is 68.3 Å². The summed E-state index contributed by atoms with van der Waals surface area (Å²) in [4.78, 5) is 17.2. The largest absolute Gasteiger partial charge is 1.00 e. The van der Waals surface area contributed by atoms with E-state index in [1.807, 2.05) is 75.5 Å². The van der Waals surface area contributed by atoms with E-state index in [0.717, 1.165) is 33.2 Å². The molecule has 0 spiro atoms. The Bertz CT molecular complexity index is 1800. The number of fused-ring (bicyclic) bond motifs is 3. The maximum atomic E-state index is 12.4. The van der Waals surface area contributed by atoms with Crippen molar-refractivity contribution in [2.45, 2.75) is 26.9 Å². The summed E-state index contributed by atoms with van der Waals surface area (Å²) in [5, 5.41) is 18.0. The number of aryl methyl sites for hydroxylation is 2. The van der Waals surface area contributed by atoms with Gasteiger partial charge in [0.1, 0.15) is 23.1 Å². The molecule has 0 aliphatic heterocycles. The molecule has 37 heavy (non-hydrogen) atoms. The van der Waals surface area contributed by atoms with Crippen LogP contribution in [0.1, 0.15) is 40.1 Å². The van der Waals surface area contributed by atoms with E-state index in [2.05, 4.69) is 5.10 Å². The van der Waals surface area contributed by atoms with Gasteiger partial charge in [0.2, 0.25) is 0 Å². The van der Waals surface area contributed by atoms with E-state index in [1.54, 1.807) is 16.8 Å². The van der Waals surface area contributed by atoms with Gasteiger partial charge in [-0.3, -0.25) is 0 Å². The van der Waals surface area contributed by atoms with Gasteiger partial charge >= 0.3 is 29.6 Å². The number of carboxylic acids is 1. The average Bonchev–Trinajstić information content (AvgIpc) is 3.49. The van der Waals surface area contributed by atoms with Crippen LogP contribution in [0.3, 0.4) is 0 Å². The second-order valence-electron chi connectivity index (χ2n) is 8.92. The van der Waals surface area contributed by atoms with E-state index in [4.69, 9.17) is 14.1 Å². The third kappa shape index (κ3) is 4.29. The number of carbonyl (C=O) groups excluding carboxylic acids is 1. The number of para-hydroxylation sites is 1. The molecular weight excluding hydrogens is 477 g/mol. The van der Waals surface area contributed by atoms with Gasteiger partial charge in [0.15, 0.2) is 5.76 Å². The number of carboxylic acid groups (broad SMARTS) is 1. The van der Waals surface area contributed by atoms with Crippen molar-refractivity contribution in [2.75, 3.05) is 0 Å². The summed E-state index contributed by atoms with van der Waals surface area (Å²) in [6.45, 7) is 5.76. The smallest absolute Gasteiger partial charge is 0.545 e. The maximum Gasteiger partial charge on any atom is 1.00 e. The van der Waals surface area contributed by atoms with Crippen molar-refractivity contribution in [3.8, 4) is 17.2 Å². The Labute approximate surface area is 235 Å². The summed E-state index contributed by atoms with van der Waals surface area (Å²) in [6, 6.07) is 18.7. The molecular formula is C29H22N3NaO4. The minimum absolute atomic E-state index is 0. The number of aromatic nitrogens is 3. The van der Waals surface area contributed by atoms with Crippen LogP contribution in [0.2, 0.25) is 0 Å². The van der Waals surface area contributed by atoms with Gasteiger partial charge in [0, 0.05) is 28.9 Å². The molecule has 4 heterocycles. The SMILES string of the molecule is Cc1c(-c2cc(C(=O)[O-])c3c(O[C@H](C)c4ccn5nccc5c4)ccc(C)c3n2)oc2ccccc12.[Na+]. The number of hydrogen-bond acceptors (Lipinski definition) is 6. The minimum Gasteiger partial charge on any atom is -0.545 e. The molecule has 0 aliphatic rings. The van der Waals surface area contributed by atoms with Crippen LogP contribution in [-0.4, -0.2) is 20.6 Å². The Balaban J connectivity index is 0.00000280. The molecule has 6 rings (SSSR count). The summed E-state index contributed by atoms with van der Waals surface area (Å²) < 4.78 is 14.2. The van der Waals surface area contributed by atoms with Crippen LogP contribution >= 0.6 is 0 Å². The Kier molecular flexibility index (Phi) is 6.54. The monoisotopic (exact) mass is 499 g/mol. The summed E-state index contributed by atoms with van der Waals surface area (Å²) in [5.41, 5.74) is 5.30. The predicted octanol–water partition coefficient (Wildman–Crippen LogP) is 2.42.